The molecule has 3 rings (SSSR count). The second kappa shape index (κ2) is 3.99. The van der Waals surface area contributed by atoms with Crippen LogP contribution in [0.1, 0.15) is 5.82 Å². The molecule has 0 atom stereocenters. The molecule has 0 aliphatic carbocycles. The summed E-state index contributed by atoms with van der Waals surface area (Å²) in [7, 11) is 1.59. The van der Waals surface area contributed by atoms with Gasteiger partial charge in [0.2, 0.25) is 0 Å². The van der Waals surface area contributed by atoms with Gasteiger partial charge >= 0.3 is 0 Å². The smallest absolute Gasteiger partial charge is 0.258 e. The first-order valence-corrected chi connectivity index (χ1v) is 5.12. The molecular formula is C11H10N4O2. The van der Waals surface area contributed by atoms with Gasteiger partial charge in [-0.05, 0) is 12.1 Å². The molecule has 17 heavy (non-hydrogen) atoms. The molecule has 6 heteroatoms. The average molecular weight is 230 g/mol. The van der Waals surface area contributed by atoms with Crippen molar-refractivity contribution in [2.75, 3.05) is 7.11 Å². The van der Waals surface area contributed by atoms with Crippen molar-refractivity contribution >= 4 is 10.9 Å². The van der Waals surface area contributed by atoms with Crippen LogP contribution in [0.3, 0.4) is 0 Å². The lowest BCUT2D eigenvalue weighted by atomic mass is 10.1. The van der Waals surface area contributed by atoms with Crippen molar-refractivity contribution in [2.24, 2.45) is 0 Å². The Morgan fingerprint density at radius 1 is 1.41 bits per heavy atom. The number of nitrogens with zero attached hydrogens (tertiary/aromatic N) is 3. The summed E-state index contributed by atoms with van der Waals surface area (Å²) in [6.45, 7) is 0.338. The molecule has 2 aromatic heterocycles. The molecule has 0 aliphatic heterocycles. The van der Waals surface area contributed by atoms with Gasteiger partial charge in [0, 0.05) is 12.5 Å². The Labute approximate surface area is 96.6 Å². The zero-order valence-corrected chi connectivity index (χ0v) is 9.17. The molecule has 0 bridgehead atoms. The van der Waals surface area contributed by atoms with Crippen LogP contribution in [0.4, 0.5) is 0 Å². The van der Waals surface area contributed by atoms with Crippen LogP contribution in [0.2, 0.25) is 0 Å². The third kappa shape index (κ3) is 1.68. The first-order chi connectivity index (χ1) is 8.38. The van der Waals surface area contributed by atoms with E-state index in [1.54, 1.807) is 13.3 Å². The van der Waals surface area contributed by atoms with Gasteiger partial charge in [0.1, 0.15) is 6.61 Å². The van der Waals surface area contributed by atoms with Gasteiger partial charge in [-0.25, -0.2) is 0 Å². The van der Waals surface area contributed by atoms with Gasteiger partial charge in [-0.2, -0.15) is 10.1 Å². The molecule has 0 radical (unpaired) electrons. The minimum atomic E-state index is 0.338. The first kappa shape index (κ1) is 9.98. The number of methoxy groups -OCH3 is 1. The van der Waals surface area contributed by atoms with Gasteiger partial charge in [-0.1, -0.05) is 11.2 Å². The molecule has 6 nitrogen and oxygen atoms in total. The van der Waals surface area contributed by atoms with Crippen LogP contribution in [0.25, 0.3) is 22.4 Å². The zero-order chi connectivity index (χ0) is 11.7. The lowest BCUT2D eigenvalue weighted by molar-refractivity contribution is 0.174. The van der Waals surface area contributed by atoms with Crippen LogP contribution in [-0.2, 0) is 11.3 Å². The summed E-state index contributed by atoms with van der Waals surface area (Å²) in [6, 6.07) is 5.77. The van der Waals surface area contributed by atoms with Crippen LogP contribution in [0.15, 0.2) is 28.9 Å². The molecule has 0 fully saturated rings. The van der Waals surface area contributed by atoms with Crippen molar-refractivity contribution in [1.29, 1.82) is 0 Å². The summed E-state index contributed by atoms with van der Waals surface area (Å²) >= 11 is 0. The van der Waals surface area contributed by atoms with E-state index in [4.69, 9.17) is 9.26 Å². The number of hydrogen-bond acceptors (Lipinski definition) is 5. The summed E-state index contributed by atoms with van der Waals surface area (Å²) in [6.07, 6.45) is 1.74. The van der Waals surface area contributed by atoms with Crippen LogP contribution in [-0.4, -0.2) is 27.4 Å². The maximum atomic E-state index is 5.20. The number of H-pyrrole nitrogens is 1. The molecule has 3 aromatic rings. The van der Waals surface area contributed by atoms with E-state index < -0.39 is 0 Å². The van der Waals surface area contributed by atoms with Crippen LogP contribution in [0, 0.1) is 0 Å². The molecule has 0 saturated carbocycles. The van der Waals surface area contributed by atoms with Gasteiger partial charge in [0.05, 0.1) is 17.3 Å². The Morgan fingerprint density at radius 2 is 2.35 bits per heavy atom. The molecule has 0 aliphatic rings. The largest absolute Gasteiger partial charge is 0.377 e. The third-order valence-electron chi connectivity index (χ3n) is 2.46. The van der Waals surface area contributed by atoms with E-state index >= 15 is 0 Å². The fraction of sp³-hybridized carbons (Fsp3) is 0.182. The lowest BCUT2D eigenvalue weighted by Crippen LogP contribution is -1.89. The molecule has 0 unspecified atom stereocenters. The maximum absolute atomic E-state index is 5.20. The first-order valence-electron chi connectivity index (χ1n) is 5.12. The minimum absolute atomic E-state index is 0.338. The van der Waals surface area contributed by atoms with Gasteiger partial charge < -0.3 is 9.26 Å². The highest BCUT2D eigenvalue weighted by Crippen LogP contribution is 2.25. The molecule has 2 heterocycles. The van der Waals surface area contributed by atoms with Crippen molar-refractivity contribution in [3.63, 3.8) is 0 Å². The van der Waals surface area contributed by atoms with Gasteiger partial charge in [-0.3, -0.25) is 5.10 Å². The fourth-order valence-electron chi connectivity index (χ4n) is 1.71. The van der Waals surface area contributed by atoms with Crippen molar-refractivity contribution in [3.8, 4) is 11.5 Å². The van der Waals surface area contributed by atoms with E-state index in [9.17, 15) is 0 Å². The van der Waals surface area contributed by atoms with Crippen LogP contribution in [0.5, 0.6) is 0 Å². The predicted octanol–water partition coefficient (Wildman–Crippen LogP) is 1.76. The summed E-state index contributed by atoms with van der Waals surface area (Å²) in [5.74, 6) is 1.01. The lowest BCUT2D eigenvalue weighted by Gasteiger charge is -1.95. The normalized spacial score (nSPS) is 11.1. The second-order valence-electron chi connectivity index (χ2n) is 3.59. The summed E-state index contributed by atoms with van der Waals surface area (Å²) in [4.78, 5) is 4.26. The molecule has 1 N–H and O–H groups in total. The Bertz CT molecular complexity index is 644. The zero-order valence-electron chi connectivity index (χ0n) is 9.17. The Hall–Kier alpha value is -2.21. The van der Waals surface area contributed by atoms with Crippen LogP contribution < -0.4 is 0 Å². The van der Waals surface area contributed by atoms with E-state index in [0.717, 1.165) is 16.5 Å². The minimum Gasteiger partial charge on any atom is -0.377 e. The number of benzene rings is 1. The van der Waals surface area contributed by atoms with Crippen molar-refractivity contribution in [2.45, 2.75) is 6.61 Å². The molecule has 0 saturated heterocycles. The van der Waals surface area contributed by atoms with Crippen molar-refractivity contribution in [1.82, 2.24) is 20.3 Å². The molecule has 0 spiro atoms. The standard InChI is InChI=1S/C11H10N4O2/c1-16-6-10-13-11(17-15-10)7-3-2-4-9-8(7)5-12-14-9/h2-5H,6H2,1H3,(H,12,14). The number of rotatable bonds is 3. The quantitative estimate of drug-likeness (QED) is 0.741. The molecule has 0 amide bonds. The Morgan fingerprint density at radius 3 is 3.24 bits per heavy atom. The summed E-state index contributed by atoms with van der Waals surface area (Å²) < 4.78 is 10.1. The molecule has 1 aromatic carbocycles. The Balaban J connectivity index is 2.10. The van der Waals surface area contributed by atoms with E-state index in [-0.39, 0.29) is 0 Å². The topological polar surface area (TPSA) is 76.8 Å². The monoisotopic (exact) mass is 230 g/mol. The summed E-state index contributed by atoms with van der Waals surface area (Å²) in [5, 5.41) is 11.7. The van der Waals surface area contributed by atoms with E-state index in [1.165, 1.54) is 0 Å². The van der Waals surface area contributed by atoms with Crippen molar-refractivity contribution < 1.29 is 9.26 Å². The molecule has 86 valence electrons. The van der Waals surface area contributed by atoms with Gasteiger partial charge in [0.25, 0.3) is 5.89 Å². The highest BCUT2D eigenvalue weighted by Gasteiger charge is 2.12. The predicted molar refractivity (Wildman–Crippen MR) is 60.1 cm³/mol. The van der Waals surface area contributed by atoms with E-state index in [1.807, 2.05) is 18.2 Å². The third-order valence-corrected chi connectivity index (χ3v) is 2.46. The highest BCUT2D eigenvalue weighted by atomic mass is 16.5. The maximum Gasteiger partial charge on any atom is 0.258 e. The van der Waals surface area contributed by atoms with Crippen molar-refractivity contribution in [3.05, 3.63) is 30.2 Å². The average Bonchev–Trinajstić information content (AvgIpc) is 2.96. The van der Waals surface area contributed by atoms with Gasteiger partial charge in [-0.15, -0.1) is 0 Å². The fourth-order valence-corrected chi connectivity index (χ4v) is 1.71. The highest BCUT2D eigenvalue weighted by molar-refractivity contribution is 5.91. The van der Waals surface area contributed by atoms with E-state index in [2.05, 4.69) is 20.3 Å². The number of fused-ring (bicyclic) bond motifs is 1. The Kier molecular flexibility index (Phi) is 2.34. The summed E-state index contributed by atoms with van der Waals surface area (Å²) in [5.41, 5.74) is 1.81. The number of aromatic nitrogens is 4. The SMILES string of the molecule is COCc1noc(-c2cccc3[nH]ncc23)n1. The van der Waals surface area contributed by atoms with Crippen LogP contribution >= 0.6 is 0 Å². The second-order valence-corrected chi connectivity index (χ2v) is 3.59. The number of aromatic amines is 1. The molecular weight excluding hydrogens is 220 g/mol. The number of ether oxygens (including phenoxy) is 1. The number of nitrogens with one attached hydrogen (secondary N) is 1. The van der Waals surface area contributed by atoms with Gasteiger partial charge in [0.15, 0.2) is 5.82 Å². The van der Waals surface area contributed by atoms with E-state index in [0.29, 0.717) is 18.3 Å². The number of hydrogen-bond donors (Lipinski definition) is 1.